The van der Waals surface area contributed by atoms with Gasteiger partial charge in [-0.1, -0.05) is 18.2 Å². The fourth-order valence-electron chi connectivity index (χ4n) is 2.97. The van der Waals surface area contributed by atoms with Crippen molar-refractivity contribution in [3.8, 4) is 5.75 Å². The van der Waals surface area contributed by atoms with Gasteiger partial charge in [-0.2, -0.15) is 5.21 Å². The number of ether oxygens (including phenoxy) is 1. The summed E-state index contributed by atoms with van der Waals surface area (Å²) in [6, 6.07) is 6.19. The molecule has 0 saturated heterocycles. The quantitative estimate of drug-likeness (QED) is 0.805. The number of carbonyl (C=O) groups is 1. The third-order valence-corrected chi connectivity index (χ3v) is 4.30. The first-order valence-corrected chi connectivity index (χ1v) is 8.54. The van der Waals surface area contributed by atoms with Gasteiger partial charge in [0.2, 0.25) is 0 Å². The molecular formula is C17H23N5O2. The van der Waals surface area contributed by atoms with Gasteiger partial charge in [-0.15, -0.1) is 10.2 Å². The van der Waals surface area contributed by atoms with Gasteiger partial charge in [-0.25, -0.2) is 0 Å². The molecule has 1 atom stereocenters. The molecule has 128 valence electrons. The average molecular weight is 329 g/mol. The lowest BCUT2D eigenvalue weighted by atomic mass is 9.92. The summed E-state index contributed by atoms with van der Waals surface area (Å²) in [6.45, 7) is 2.41. The van der Waals surface area contributed by atoms with E-state index >= 15 is 0 Å². The summed E-state index contributed by atoms with van der Waals surface area (Å²) in [5.41, 5.74) is 2.76. The highest BCUT2D eigenvalue weighted by atomic mass is 16.5. The van der Waals surface area contributed by atoms with E-state index in [9.17, 15) is 4.79 Å². The number of hydrogen-bond donors (Lipinski definition) is 2. The van der Waals surface area contributed by atoms with E-state index in [0.29, 0.717) is 25.2 Å². The van der Waals surface area contributed by atoms with Crippen molar-refractivity contribution in [2.45, 2.75) is 51.6 Å². The van der Waals surface area contributed by atoms with Crippen LogP contribution in [0.3, 0.4) is 0 Å². The van der Waals surface area contributed by atoms with E-state index in [0.717, 1.165) is 18.6 Å². The maximum absolute atomic E-state index is 12.3. The number of aromatic amines is 1. The van der Waals surface area contributed by atoms with Crippen LogP contribution in [0.15, 0.2) is 18.2 Å². The fourth-order valence-corrected chi connectivity index (χ4v) is 2.97. The van der Waals surface area contributed by atoms with Gasteiger partial charge in [0.25, 0.3) is 5.91 Å². The van der Waals surface area contributed by atoms with E-state index in [1.54, 1.807) is 0 Å². The molecule has 1 aromatic carbocycles. The zero-order valence-electron chi connectivity index (χ0n) is 13.9. The van der Waals surface area contributed by atoms with Crippen molar-refractivity contribution in [2.75, 3.05) is 6.54 Å². The lowest BCUT2D eigenvalue weighted by Crippen LogP contribution is -2.39. The predicted molar refractivity (Wildman–Crippen MR) is 88.7 cm³/mol. The van der Waals surface area contributed by atoms with Crippen molar-refractivity contribution < 1.29 is 9.53 Å². The molecule has 24 heavy (non-hydrogen) atoms. The molecule has 0 saturated carbocycles. The number of aryl methyl sites for hydroxylation is 2. The van der Waals surface area contributed by atoms with Gasteiger partial charge in [0.15, 0.2) is 11.9 Å². The molecule has 7 heteroatoms. The molecule has 7 nitrogen and oxygen atoms in total. The maximum Gasteiger partial charge on any atom is 0.261 e. The zero-order valence-corrected chi connectivity index (χ0v) is 13.9. The lowest BCUT2D eigenvalue weighted by Gasteiger charge is -2.20. The van der Waals surface area contributed by atoms with Crippen LogP contribution in [-0.2, 0) is 24.1 Å². The second kappa shape index (κ2) is 7.90. The third-order valence-electron chi connectivity index (χ3n) is 4.30. The molecule has 2 aromatic rings. The molecule has 0 spiro atoms. The van der Waals surface area contributed by atoms with Gasteiger partial charge in [0.05, 0.1) is 0 Å². The smallest absolute Gasteiger partial charge is 0.261 e. The van der Waals surface area contributed by atoms with Gasteiger partial charge in [-0.3, -0.25) is 4.79 Å². The lowest BCUT2D eigenvalue weighted by molar-refractivity contribution is -0.128. The molecule has 1 unspecified atom stereocenters. The number of nitrogens with one attached hydrogen (secondary N) is 2. The minimum atomic E-state index is -0.489. The second-order valence-electron chi connectivity index (χ2n) is 6.02. The van der Waals surface area contributed by atoms with Crippen molar-refractivity contribution in [1.82, 2.24) is 25.9 Å². The topological polar surface area (TPSA) is 92.8 Å². The average Bonchev–Trinajstić information content (AvgIpc) is 3.13. The highest BCUT2D eigenvalue weighted by Crippen LogP contribution is 2.26. The molecule has 0 bridgehead atoms. The minimum absolute atomic E-state index is 0.112. The number of fused-ring (bicyclic) bond motifs is 1. The Morgan fingerprint density at radius 1 is 1.33 bits per heavy atom. The Labute approximate surface area is 141 Å². The molecule has 1 aromatic heterocycles. The van der Waals surface area contributed by atoms with Gasteiger partial charge in [-0.05, 0) is 55.4 Å². The summed E-state index contributed by atoms with van der Waals surface area (Å²) in [5.74, 6) is 1.24. The van der Waals surface area contributed by atoms with Gasteiger partial charge in [0.1, 0.15) is 5.75 Å². The molecule has 1 aliphatic rings. The highest BCUT2D eigenvalue weighted by molar-refractivity contribution is 5.81. The summed E-state index contributed by atoms with van der Waals surface area (Å²) in [7, 11) is 0. The third kappa shape index (κ3) is 4.10. The van der Waals surface area contributed by atoms with Crippen LogP contribution in [0.1, 0.15) is 43.1 Å². The molecule has 0 fully saturated rings. The van der Waals surface area contributed by atoms with Crippen molar-refractivity contribution in [1.29, 1.82) is 0 Å². The Balaban J connectivity index is 1.54. The number of rotatable bonds is 7. The van der Waals surface area contributed by atoms with Crippen LogP contribution in [0.25, 0.3) is 0 Å². The van der Waals surface area contributed by atoms with E-state index in [4.69, 9.17) is 4.74 Å². The number of benzene rings is 1. The minimum Gasteiger partial charge on any atom is -0.481 e. The number of carbonyl (C=O) groups excluding carboxylic acids is 1. The Morgan fingerprint density at radius 2 is 2.17 bits per heavy atom. The van der Waals surface area contributed by atoms with Gasteiger partial charge in [0, 0.05) is 13.0 Å². The summed E-state index contributed by atoms with van der Waals surface area (Å²) in [6.07, 6.45) is 5.39. The van der Waals surface area contributed by atoms with Crippen LogP contribution in [0.5, 0.6) is 5.75 Å². The van der Waals surface area contributed by atoms with Crippen molar-refractivity contribution in [3.63, 3.8) is 0 Å². The molecule has 3 rings (SSSR count). The van der Waals surface area contributed by atoms with E-state index in [-0.39, 0.29) is 5.91 Å². The fraction of sp³-hybridized carbons (Fsp3) is 0.529. The first-order valence-electron chi connectivity index (χ1n) is 8.54. The summed E-state index contributed by atoms with van der Waals surface area (Å²) in [5, 5.41) is 16.5. The summed E-state index contributed by atoms with van der Waals surface area (Å²) in [4.78, 5) is 12.3. The number of nitrogens with zero attached hydrogens (tertiary/aromatic N) is 3. The molecule has 0 aliphatic heterocycles. The molecule has 1 heterocycles. The normalized spacial score (nSPS) is 14.7. The van der Waals surface area contributed by atoms with Crippen molar-refractivity contribution >= 4 is 5.91 Å². The van der Waals surface area contributed by atoms with Crippen LogP contribution in [0, 0.1) is 0 Å². The number of tetrazole rings is 1. The van der Waals surface area contributed by atoms with Gasteiger partial charge < -0.3 is 10.1 Å². The number of hydrogen-bond acceptors (Lipinski definition) is 5. The predicted octanol–water partition coefficient (Wildman–Crippen LogP) is 1.59. The van der Waals surface area contributed by atoms with Crippen LogP contribution in [-0.4, -0.2) is 39.2 Å². The summed E-state index contributed by atoms with van der Waals surface area (Å²) < 4.78 is 5.92. The molecular weight excluding hydrogens is 306 g/mol. The first-order chi connectivity index (χ1) is 11.8. The van der Waals surface area contributed by atoms with Crippen molar-refractivity contribution in [2.24, 2.45) is 0 Å². The molecule has 0 radical (unpaired) electrons. The largest absolute Gasteiger partial charge is 0.481 e. The Bertz CT molecular complexity index is 672. The Morgan fingerprint density at radius 3 is 2.92 bits per heavy atom. The Kier molecular flexibility index (Phi) is 5.40. The highest BCUT2D eigenvalue weighted by Gasteiger charge is 2.19. The first kappa shape index (κ1) is 16.4. The Hall–Kier alpha value is -2.44. The van der Waals surface area contributed by atoms with Crippen LogP contribution < -0.4 is 10.1 Å². The van der Waals surface area contributed by atoms with Crippen LogP contribution >= 0.6 is 0 Å². The number of amides is 1. The second-order valence-corrected chi connectivity index (χ2v) is 6.02. The van der Waals surface area contributed by atoms with Gasteiger partial charge >= 0.3 is 0 Å². The SMILES string of the molecule is CCC(Oc1ccc2c(c1)CCCC2)C(=O)NCCc1nn[nH]n1. The standard InChI is InChI=1S/C17H23N5O2/c1-2-15(17(23)18-10-9-16-19-21-22-20-16)24-14-8-7-12-5-3-4-6-13(12)11-14/h7-8,11,15H,2-6,9-10H2,1H3,(H,18,23)(H,19,20,21,22). The van der Waals surface area contributed by atoms with E-state index in [2.05, 4.69) is 38.1 Å². The van der Waals surface area contributed by atoms with Crippen LogP contribution in [0.4, 0.5) is 0 Å². The maximum atomic E-state index is 12.3. The number of H-pyrrole nitrogens is 1. The monoisotopic (exact) mass is 329 g/mol. The molecule has 1 aliphatic carbocycles. The van der Waals surface area contributed by atoms with E-state index < -0.39 is 6.10 Å². The number of aromatic nitrogens is 4. The summed E-state index contributed by atoms with van der Waals surface area (Å²) >= 11 is 0. The van der Waals surface area contributed by atoms with E-state index in [1.807, 2.05) is 13.0 Å². The molecule has 2 N–H and O–H groups in total. The van der Waals surface area contributed by atoms with E-state index in [1.165, 1.54) is 24.0 Å². The van der Waals surface area contributed by atoms with Crippen molar-refractivity contribution in [3.05, 3.63) is 35.2 Å². The van der Waals surface area contributed by atoms with Crippen LogP contribution in [0.2, 0.25) is 0 Å². The molecule has 1 amide bonds. The zero-order chi connectivity index (χ0) is 16.8.